The molecule has 2 aromatic rings. The van der Waals surface area contributed by atoms with Crippen LogP contribution in [0.5, 0.6) is 0 Å². The lowest BCUT2D eigenvalue weighted by Crippen LogP contribution is -2.46. The van der Waals surface area contributed by atoms with Gasteiger partial charge in [0, 0.05) is 18.3 Å². The Hall–Kier alpha value is -2.63. The molecule has 1 saturated carbocycles. The minimum absolute atomic E-state index is 0.00678. The lowest BCUT2D eigenvalue weighted by Gasteiger charge is -2.24. The number of hydrogen-bond donors (Lipinski definition) is 1. The number of aromatic nitrogens is 2. The van der Waals surface area contributed by atoms with Gasteiger partial charge in [-0.1, -0.05) is 30.3 Å². The van der Waals surface area contributed by atoms with Gasteiger partial charge in [-0.2, -0.15) is 5.10 Å². The van der Waals surface area contributed by atoms with Crippen molar-refractivity contribution in [1.82, 2.24) is 20.0 Å². The molecular formula is C20H24N4O2. The van der Waals surface area contributed by atoms with E-state index >= 15 is 0 Å². The Bertz CT molecular complexity index is 810. The molecule has 1 aromatic carbocycles. The number of hydrogen-bond acceptors (Lipinski definition) is 3. The van der Waals surface area contributed by atoms with E-state index in [4.69, 9.17) is 0 Å². The van der Waals surface area contributed by atoms with Crippen LogP contribution in [0.2, 0.25) is 0 Å². The van der Waals surface area contributed by atoms with E-state index in [2.05, 4.69) is 10.4 Å². The van der Waals surface area contributed by atoms with Gasteiger partial charge < -0.3 is 10.2 Å². The van der Waals surface area contributed by atoms with E-state index in [1.165, 1.54) is 0 Å². The first-order chi connectivity index (χ1) is 12.6. The fraction of sp³-hybridized carbons (Fsp3) is 0.450. The summed E-state index contributed by atoms with van der Waals surface area (Å²) >= 11 is 0. The molecule has 0 unspecified atom stereocenters. The Kier molecular flexibility index (Phi) is 4.49. The van der Waals surface area contributed by atoms with Crippen molar-refractivity contribution >= 4 is 11.8 Å². The number of carbonyl (C=O) groups excluding carboxylic acids is 2. The molecule has 1 saturated heterocycles. The van der Waals surface area contributed by atoms with Crippen LogP contribution in [-0.4, -0.2) is 45.1 Å². The minimum atomic E-state index is -0.347. The highest BCUT2D eigenvalue weighted by Crippen LogP contribution is 2.24. The SMILES string of the molecule is Cc1c(C(=O)N2CCC[C@@H]2C(=O)NC2CC2)cnn1Cc1ccccc1. The lowest BCUT2D eigenvalue weighted by molar-refractivity contribution is -0.125. The molecule has 2 amide bonds. The Labute approximate surface area is 153 Å². The fourth-order valence-corrected chi connectivity index (χ4v) is 3.53. The van der Waals surface area contributed by atoms with Crippen molar-refractivity contribution in [2.75, 3.05) is 6.54 Å². The molecule has 136 valence electrons. The van der Waals surface area contributed by atoms with Crippen molar-refractivity contribution in [3.63, 3.8) is 0 Å². The highest BCUT2D eigenvalue weighted by molar-refractivity contribution is 5.98. The highest BCUT2D eigenvalue weighted by atomic mass is 16.2. The first-order valence-electron chi connectivity index (χ1n) is 9.31. The van der Waals surface area contributed by atoms with E-state index in [1.807, 2.05) is 41.9 Å². The summed E-state index contributed by atoms with van der Waals surface area (Å²) in [5, 5.41) is 7.43. The molecule has 1 aromatic heterocycles. The largest absolute Gasteiger partial charge is 0.352 e. The normalized spacial score (nSPS) is 19.6. The molecule has 1 aliphatic carbocycles. The number of likely N-dealkylation sites (tertiary alicyclic amines) is 1. The van der Waals surface area contributed by atoms with Crippen LogP contribution in [0.1, 0.15) is 47.3 Å². The molecule has 6 nitrogen and oxygen atoms in total. The topological polar surface area (TPSA) is 67.2 Å². The molecule has 1 atom stereocenters. The van der Waals surface area contributed by atoms with Gasteiger partial charge in [0.15, 0.2) is 0 Å². The van der Waals surface area contributed by atoms with Gasteiger partial charge in [0.25, 0.3) is 5.91 Å². The van der Waals surface area contributed by atoms with Gasteiger partial charge in [0.2, 0.25) is 5.91 Å². The molecule has 4 rings (SSSR count). The molecule has 0 spiro atoms. The summed E-state index contributed by atoms with van der Waals surface area (Å²) in [4.78, 5) is 27.2. The zero-order chi connectivity index (χ0) is 18.1. The predicted octanol–water partition coefficient (Wildman–Crippen LogP) is 2.12. The van der Waals surface area contributed by atoms with E-state index in [0.29, 0.717) is 24.7 Å². The van der Waals surface area contributed by atoms with Crippen LogP contribution in [0.25, 0.3) is 0 Å². The van der Waals surface area contributed by atoms with E-state index in [-0.39, 0.29) is 17.9 Å². The van der Waals surface area contributed by atoms with Crippen molar-refractivity contribution in [3.8, 4) is 0 Å². The molecule has 1 N–H and O–H groups in total. The van der Waals surface area contributed by atoms with Gasteiger partial charge in [0.05, 0.1) is 18.3 Å². The van der Waals surface area contributed by atoms with E-state index in [0.717, 1.165) is 36.9 Å². The van der Waals surface area contributed by atoms with Crippen LogP contribution in [-0.2, 0) is 11.3 Å². The van der Waals surface area contributed by atoms with Crippen molar-refractivity contribution < 1.29 is 9.59 Å². The quantitative estimate of drug-likeness (QED) is 0.896. The van der Waals surface area contributed by atoms with Gasteiger partial charge in [-0.05, 0) is 38.2 Å². The van der Waals surface area contributed by atoms with Gasteiger partial charge >= 0.3 is 0 Å². The zero-order valence-corrected chi connectivity index (χ0v) is 15.0. The fourth-order valence-electron chi connectivity index (χ4n) is 3.53. The lowest BCUT2D eigenvalue weighted by atomic mass is 10.1. The summed E-state index contributed by atoms with van der Waals surface area (Å²) < 4.78 is 1.85. The molecular weight excluding hydrogens is 328 g/mol. The highest BCUT2D eigenvalue weighted by Gasteiger charge is 2.37. The van der Waals surface area contributed by atoms with Gasteiger partial charge in [0.1, 0.15) is 6.04 Å². The van der Waals surface area contributed by atoms with Gasteiger partial charge in [-0.15, -0.1) is 0 Å². The van der Waals surface area contributed by atoms with Crippen molar-refractivity contribution in [2.45, 2.75) is 51.2 Å². The third-order valence-electron chi connectivity index (χ3n) is 5.25. The van der Waals surface area contributed by atoms with E-state index < -0.39 is 0 Å². The second kappa shape index (κ2) is 6.94. The van der Waals surface area contributed by atoms with Crippen LogP contribution >= 0.6 is 0 Å². The maximum atomic E-state index is 13.0. The molecule has 0 radical (unpaired) electrons. The van der Waals surface area contributed by atoms with Crippen LogP contribution in [0, 0.1) is 6.92 Å². The summed E-state index contributed by atoms with van der Waals surface area (Å²) in [6.07, 6.45) is 5.34. The van der Waals surface area contributed by atoms with Crippen LogP contribution < -0.4 is 5.32 Å². The number of amides is 2. The monoisotopic (exact) mass is 352 g/mol. The molecule has 1 aliphatic heterocycles. The molecule has 6 heteroatoms. The Morgan fingerprint density at radius 1 is 1.19 bits per heavy atom. The second-order valence-corrected chi connectivity index (χ2v) is 7.23. The maximum Gasteiger partial charge on any atom is 0.258 e. The smallest absolute Gasteiger partial charge is 0.258 e. The van der Waals surface area contributed by atoms with E-state index in [1.54, 1.807) is 11.1 Å². The first kappa shape index (κ1) is 16.8. The second-order valence-electron chi connectivity index (χ2n) is 7.23. The van der Waals surface area contributed by atoms with Crippen molar-refractivity contribution in [3.05, 3.63) is 53.3 Å². The standard InChI is InChI=1S/C20H24N4O2/c1-14-17(12-21-24(14)13-15-6-3-2-4-7-15)20(26)23-11-5-8-18(23)19(25)22-16-9-10-16/h2-4,6-7,12,16,18H,5,8-11,13H2,1H3,(H,22,25)/t18-/m1/s1. The van der Waals surface area contributed by atoms with Crippen molar-refractivity contribution in [2.24, 2.45) is 0 Å². The Balaban J connectivity index is 1.49. The first-order valence-corrected chi connectivity index (χ1v) is 9.31. The Morgan fingerprint density at radius 3 is 2.69 bits per heavy atom. The third-order valence-corrected chi connectivity index (χ3v) is 5.25. The van der Waals surface area contributed by atoms with E-state index in [9.17, 15) is 9.59 Å². The predicted molar refractivity (Wildman–Crippen MR) is 97.7 cm³/mol. The number of nitrogens with zero attached hydrogens (tertiary/aromatic N) is 3. The number of nitrogens with one attached hydrogen (secondary N) is 1. The average Bonchev–Trinajstić information content (AvgIpc) is 3.19. The van der Waals surface area contributed by atoms with Crippen LogP contribution in [0.15, 0.2) is 36.5 Å². The molecule has 0 bridgehead atoms. The number of benzene rings is 1. The molecule has 2 fully saturated rings. The summed E-state index contributed by atoms with van der Waals surface area (Å²) in [5.74, 6) is -0.0945. The molecule has 2 heterocycles. The summed E-state index contributed by atoms with van der Waals surface area (Å²) in [6.45, 7) is 3.18. The van der Waals surface area contributed by atoms with Gasteiger partial charge in [-0.3, -0.25) is 14.3 Å². The minimum Gasteiger partial charge on any atom is -0.352 e. The third kappa shape index (κ3) is 3.36. The van der Waals surface area contributed by atoms with Crippen LogP contribution in [0.3, 0.4) is 0 Å². The molecule has 26 heavy (non-hydrogen) atoms. The summed E-state index contributed by atoms with van der Waals surface area (Å²) in [6, 6.07) is 10.0. The number of rotatable bonds is 5. The zero-order valence-electron chi connectivity index (χ0n) is 15.0. The Morgan fingerprint density at radius 2 is 1.96 bits per heavy atom. The summed E-state index contributed by atoms with van der Waals surface area (Å²) in [5.41, 5.74) is 2.57. The van der Waals surface area contributed by atoms with Crippen molar-refractivity contribution in [1.29, 1.82) is 0 Å². The maximum absolute atomic E-state index is 13.0. The summed E-state index contributed by atoms with van der Waals surface area (Å²) in [7, 11) is 0. The molecule has 2 aliphatic rings. The van der Waals surface area contributed by atoms with Gasteiger partial charge in [-0.25, -0.2) is 0 Å². The average molecular weight is 352 g/mol. The number of carbonyl (C=O) groups is 2. The van der Waals surface area contributed by atoms with Crippen LogP contribution in [0.4, 0.5) is 0 Å².